The monoisotopic (exact) mass is 262 g/mol. The molecule has 0 aromatic heterocycles. The molecule has 0 aliphatic carbocycles. The van der Waals surface area contributed by atoms with Crippen molar-refractivity contribution in [3.05, 3.63) is 29.3 Å². The van der Waals surface area contributed by atoms with E-state index in [1.165, 1.54) is 5.56 Å². The van der Waals surface area contributed by atoms with E-state index in [1.807, 2.05) is 26.1 Å². The van der Waals surface area contributed by atoms with Crippen LogP contribution in [0.4, 0.5) is 0 Å². The largest absolute Gasteiger partial charge is 0.496 e. The molecule has 1 saturated heterocycles. The minimum atomic E-state index is -0.0131. The Hall–Kier alpha value is -1.55. The Labute approximate surface area is 114 Å². The summed E-state index contributed by atoms with van der Waals surface area (Å²) in [6.07, 6.45) is 2.02. The standard InChI is InChI=1S/C15H22N2O2/c1-11-6-7-14(19-3)12(9-11)10-17(2)15(18)13-5-4-8-16-13/h6-7,9,13,16H,4-5,8,10H2,1-3H3/t13-/m0/s1. The Morgan fingerprint density at radius 2 is 2.32 bits per heavy atom. The molecule has 0 unspecified atom stereocenters. The highest BCUT2D eigenvalue weighted by Crippen LogP contribution is 2.21. The highest BCUT2D eigenvalue weighted by molar-refractivity contribution is 5.82. The molecule has 1 aliphatic rings. The number of carbonyl (C=O) groups excluding carboxylic acids is 1. The maximum Gasteiger partial charge on any atom is 0.239 e. The Morgan fingerprint density at radius 1 is 1.53 bits per heavy atom. The molecule has 1 N–H and O–H groups in total. The van der Waals surface area contributed by atoms with E-state index in [1.54, 1.807) is 12.0 Å². The van der Waals surface area contributed by atoms with Gasteiger partial charge in [0.25, 0.3) is 0 Å². The van der Waals surface area contributed by atoms with Gasteiger partial charge in [0.1, 0.15) is 5.75 Å². The summed E-state index contributed by atoms with van der Waals surface area (Å²) in [7, 11) is 3.51. The molecule has 1 heterocycles. The van der Waals surface area contributed by atoms with Gasteiger partial charge in [-0.1, -0.05) is 17.7 Å². The number of carbonyl (C=O) groups is 1. The zero-order valence-electron chi connectivity index (χ0n) is 11.9. The van der Waals surface area contributed by atoms with E-state index in [4.69, 9.17) is 4.74 Å². The zero-order valence-corrected chi connectivity index (χ0v) is 11.9. The number of hydrogen-bond acceptors (Lipinski definition) is 3. The average Bonchev–Trinajstić information content (AvgIpc) is 2.92. The van der Waals surface area contributed by atoms with Gasteiger partial charge in [-0.2, -0.15) is 0 Å². The minimum absolute atomic E-state index is 0.0131. The fourth-order valence-electron chi connectivity index (χ4n) is 2.53. The maximum atomic E-state index is 12.3. The number of rotatable bonds is 4. The second-order valence-electron chi connectivity index (χ2n) is 5.16. The smallest absolute Gasteiger partial charge is 0.239 e. The van der Waals surface area contributed by atoms with E-state index < -0.39 is 0 Å². The number of aryl methyl sites for hydroxylation is 1. The Bertz CT molecular complexity index is 453. The number of hydrogen-bond donors (Lipinski definition) is 1. The highest BCUT2D eigenvalue weighted by Gasteiger charge is 2.25. The van der Waals surface area contributed by atoms with Crippen LogP contribution < -0.4 is 10.1 Å². The summed E-state index contributed by atoms with van der Waals surface area (Å²) in [6, 6.07) is 6.03. The molecule has 1 fully saturated rings. The summed E-state index contributed by atoms with van der Waals surface area (Å²) >= 11 is 0. The van der Waals surface area contributed by atoms with Crippen molar-refractivity contribution < 1.29 is 9.53 Å². The molecule has 1 atom stereocenters. The van der Waals surface area contributed by atoms with E-state index >= 15 is 0 Å². The molecule has 0 radical (unpaired) electrons. The van der Waals surface area contributed by atoms with E-state index in [9.17, 15) is 4.79 Å². The van der Waals surface area contributed by atoms with Crippen LogP contribution >= 0.6 is 0 Å². The molecule has 2 rings (SSSR count). The van der Waals surface area contributed by atoms with Crippen molar-refractivity contribution in [2.24, 2.45) is 0 Å². The van der Waals surface area contributed by atoms with Gasteiger partial charge in [0.15, 0.2) is 0 Å². The van der Waals surface area contributed by atoms with Crippen LogP contribution in [-0.2, 0) is 11.3 Å². The van der Waals surface area contributed by atoms with Crippen molar-refractivity contribution in [1.82, 2.24) is 10.2 Å². The maximum absolute atomic E-state index is 12.3. The van der Waals surface area contributed by atoms with Crippen LogP contribution in [0.3, 0.4) is 0 Å². The van der Waals surface area contributed by atoms with Crippen LogP contribution in [0.25, 0.3) is 0 Å². The lowest BCUT2D eigenvalue weighted by atomic mass is 10.1. The van der Waals surface area contributed by atoms with Crippen LogP contribution in [0.15, 0.2) is 18.2 Å². The first kappa shape index (κ1) is 13.9. The van der Waals surface area contributed by atoms with Crippen molar-refractivity contribution in [2.75, 3.05) is 20.7 Å². The third kappa shape index (κ3) is 3.26. The molecule has 1 aromatic rings. The fraction of sp³-hybridized carbons (Fsp3) is 0.533. The number of likely N-dealkylation sites (N-methyl/N-ethyl adjacent to an activating group) is 1. The molecule has 0 bridgehead atoms. The molecular formula is C15H22N2O2. The van der Waals surface area contributed by atoms with E-state index in [-0.39, 0.29) is 11.9 Å². The van der Waals surface area contributed by atoms with E-state index in [2.05, 4.69) is 11.4 Å². The lowest BCUT2D eigenvalue weighted by Gasteiger charge is -2.22. The molecule has 1 amide bonds. The molecular weight excluding hydrogens is 240 g/mol. The Morgan fingerprint density at radius 3 is 2.95 bits per heavy atom. The predicted octanol–water partition coefficient (Wildman–Crippen LogP) is 1.71. The van der Waals surface area contributed by atoms with Gasteiger partial charge in [0.05, 0.1) is 13.2 Å². The summed E-state index contributed by atoms with van der Waals surface area (Å²) in [5, 5.41) is 3.24. The third-order valence-electron chi connectivity index (χ3n) is 3.58. The van der Waals surface area contributed by atoms with Gasteiger partial charge in [-0.05, 0) is 32.4 Å². The van der Waals surface area contributed by atoms with Crippen LogP contribution in [0.2, 0.25) is 0 Å². The van der Waals surface area contributed by atoms with Gasteiger partial charge in [0, 0.05) is 19.2 Å². The number of nitrogens with one attached hydrogen (secondary N) is 1. The van der Waals surface area contributed by atoms with Gasteiger partial charge in [-0.25, -0.2) is 0 Å². The summed E-state index contributed by atoms with van der Waals surface area (Å²) in [4.78, 5) is 14.0. The molecule has 1 aliphatic heterocycles. The van der Waals surface area contributed by atoms with E-state index in [0.717, 1.165) is 30.7 Å². The first-order valence-corrected chi connectivity index (χ1v) is 6.73. The number of ether oxygens (including phenoxy) is 1. The fourth-order valence-corrected chi connectivity index (χ4v) is 2.53. The lowest BCUT2D eigenvalue weighted by molar-refractivity contribution is -0.132. The second-order valence-corrected chi connectivity index (χ2v) is 5.16. The second kappa shape index (κ2) is 6.06. The zero-order chi connectivity index (χ0) is 13.8. The molecule has 0 spiro atoms. The molecule has 1 aromatic carbocycles. The first-order valence-electron chi connectivity index (χ1n) is 6.73. The quantitative estimate of drug-likeness (QED) is 0.898. The number of amides is 1. The number of benzene rings is 1. The van der Waals surface area contributed by atoms with Gasteiger partial charge in [-0.15, -0.1) is 0 Å². The summed E-state index contributed by atoms with van der Waals surface area (Å²) in [5.74, 6) is 1.01. The van der Waals surface area contributed by atoms with Crippen molar-refractivity contribution in [3.63, 3.8) is 0 Å². The van der Waals surface area contributed by atoms with Crippen molar-refractivity contribution in [2.45, 2.75) is 32.4 Å². The van der Waals surface area contributed by atoms with Crippen LogP contribution in [-0.4, -0.2) is 37.6 Å². The Balaban J connectivity index is 2.07. The van der Waals surface area contributed by atoms with Gasteiger partial charge < -0.3 is 15.0 Å². The summed E-state index contributed by atoms with van der Waals surface area (Å²) in [6.45, 7) is 3.57. The van der Waals surface area contributed by atoms with Crippen molar-refractivity contribution in [1.29, 1.82) is 0 Å². The molecule has 19 heavy (non-hydrogen) atoms. The van der Waals surface area contributed by atoms with Crippen molar-refractivity contribution >= 4 is 5.91 Å². The average molecular weight is 262 g/mol. The van der Waals surface area contributed by atoms with Gasteiger partial charge in [0.2, 0.25) is 5.91 Å². The number of nitrogens with zero attached hydrogens (tertiary/aromatic N) is 1. The SMILES string of the molecule is COc1ccc(C)cc1CN(C)C(=O)[C@@H]1CCCN1. The minimum Gasteiger partial charge on any atom is -0.496 e. The van der Waals surface area contributed by atoms with Crippen LogP contribution in [0, 0.1) is 6.92 Å². The Kier molecular flexibility index (Phi) is 4.43. The molecule has 4 heteroatoms. The van der Waals surface area contributed by atoms with Gasteiger partial charge in [-0.3, -0.25) is 4.79 Å². The number of methoxy groups -OCH3 is 1. The van der Waals surface area contributed by atoms with Crippen LogP contribution in [0.1, 0.15) is 24.0 Å². The normalized spacial score (nSPS) is 18.4. The third-order valence-corrected chi connectivity index (χ3v) is 3.58. The molecule has 104 valence electrons. The topological polar surface area (TPSA) is 41.6 Å². The van der Waals surface area contributed by atoms with E-state index in [0.29, 0.717) is 6.54 Å². The summed E-state index contributed by atoms with van der Waals surface area (Å²) in [5.41, 5.74) is 2.23. The highest BCUT2D eigenvalue weighted by atomic mass is 16.5. The summed E-state index contributed by atoms with van der Waals surface area (Å²) < 4.78 is 5.35. The first-order chi connectivity index (χ1) is 9.11. The predicted molar refractivity (Wildman–Crippen MR) is 75.2 cm³/mol. The lowest BCUT2D eigenvalue weighted by Crippen LogP contribution is -2.41. The molecule has 0 saturated carbocycles. The van der Waals surface area contributed by atoms with Gasteiger partial charge >= 0.3 is 0 Å². The molecule has 4 nitrogen and oxygen atoms in total. The van der Waals surface area contributed by atoms with Crippen LogP contribution in [0.5, 0.6) is 5.75 Å². The van der Waals surface area contributed by atoms with Crippen molar-refractivity contribution in [3.8, 4) is 5.75 Å².